The number of hydrogen-bond donors (Lipinski definition) is 2. The van der Waals surface area contributed by atoms with Gasteiger partial charge in [0.1, 0.15) is 0 Å². The standard InChI is InChI=1S/C21H20ClF3N2O/c22-17-15(7-4-8-16(17)21(23,24)25)19(28)26-18(13-5-2-1-3-6-13)20-11-9-14(27-20)10-12-20/h1-8,14,18,27H,9-12H2,(H,26,28). The van der Waals surface area contributed by atoms with Crippen LogP contribution in [0.4, 0.5) is 13.2 Å². The highest BCUT2D eigenvalue weighted by molar-refractivity contribution is 6.34. The van der Waals surface area contributed by atoms with E-state index in [0.717, 1.165) is 37.3 Å². The van der Waals surface area contributed by atoms with Crippen molar-refractivity contribution in [1.29, 1.82) is 0 Å². The van der Waals surface area contributed by atoms with E-state index in [2.05, 4.69) is 10.6 Å². The smallest absolute Gasteiger partial charge is 0.343 e. The molecule has 2 aliphatic rings. The molecule has 2 N–H and O–H groups in total. The summed E-state index contributed by atoms with van der Waals surface area (Å²) < 4.78 is 39.5. The molecule has 2 saturated heterocycles. The molecule has 2 heterocycles. The molecule has 0 radical (unpaired) electrons. The summed E-state index contributed by atoms with van der Waals surface area (Å²) in [6.07, 6.45) is -0.731. The second kappa shape index (κ2) is 7.08. The zero-order valence-corrected chi connectivity index (χ0v) is 15.8. The number of carbonyl (C=O) groups is 1. The number of halogens is 4. The Morgan fingerprint density at radius 2 is 1.79 bits per heavy atom. The van der Waals surface area contributed by atoms with Crippen molar-refractivity contribution in [3.05, 3.63) is 70.2 Å². The van der Waals surface area contributed by atoms with Crippen LogP contribution in [0.25, 0.3) is 0 Å². The van der Waals surface area contributed by atoms with Crippen LogP contribution in [-0.2, 0) is 6.18 Å². The molecular formula is C21H20ClF3N2O. The molecule has 7 heteroatoms. The molecular weight excluding hydrogens is 389 g/mol. The summed E-state index contributed by atoms with van der Waals surface area (Å²) in [4.78, 5) is 13.0. The van der Waals surface area contributed by atoms with Crippen molar-refractivity contribution in [2.45, 2.75) is 49.5 Å². The topological polar surface area (TPSA) is 41.1 Å². The van der Waals surface area contributed by atoms with Crippen molar-refractivity contribution >= 4 is 17.5 Å². The first kappa shape index (κ1) is 19.3. The van der Waals surface area contributed by atoms with Crippen molar-refractivity contribution in [2.75, 3.05) is 0 Å². The van der Waals surface area contributed by atoms with Gasteiger partial charge in [-0.3, -0.25) is 4.79 Å². The summed E-state index contributed by atoms with van der Waals surface area (Å²) in [6, 6.07) is 13.0. The van der Waals surface area contributed by atoms with E-state index in [-0.39, 0.29) is 17.1 Å². The highest BCUT2D eigenvalue weighted by atomic mass is 35.5. The average Bonchev–Trinajstić information content (AvgIpc) is 3.28. The van der Waals surface area contributed by atoms with Gasteiger partial charge in [0.05, 0.1) is 22.2 Å². The van der Waals surface area contributed by atoms with E-state index in [1.807, 2.05) is 30.3 Å². The van der Waals surface area contributed by atoms with Crippen LogP contribution in [0, 0.1) is 0 Å². The summed E-state index contributed by atoms with van der Waals surface area (Å²) in [6.45, 7) is 0. The van der Waals surface area contributed by atoms with Gasteiger partial charge in [-0.05, 0) is 43.4 Å². The van der Waals surface area contributed by atoms with Crippen LogP contribution in [0.1, 0.15) is 53.2 Å². The second-order valence-electron chi connectivity index (χ2n) is 7.56. The highest BCUT2D eigenvalue weighted by Gasteiger charge is 2.50. The summed E-state index contributed by atoms with van der Waals surface area (Å²) in [7, 11) is 0. The Bertz CT molecular complexity index is 877. The van der Waals surface area contributed by atoms with Gasteiger partial charge in [0, 0.05) is 11.6 Å². The lowest BCUT2D eigenvalue weighted by atomic mass is 9.78. The third-order valence-electron chi connectivity index (χ3n) is 5.88. The monoisotopic (exact) mass is 408 g/mol. The Kier molecular flexibility index (Phi) is 4.88. The lowest BCUT2D eigenvalue weighted by molar-refractivity contribution is -0.137. The fraction of sp³-hybridized carbons (Fsp3) is 0.381. The molecule has 0 spiro atoms. The van der Waals surface area contributed by atoms with Gasteiger partial charge in [0.25, 0.3) is 5.91 Å². The van der Waals surface area contributed by atoms with Crippen molar-refractivity contribution in [3.63, 3.8) is 0 Å². The molecule has 4 rings (SSSR count). The maximum atomic E-state index is 13.2. The summed E-state index contributed by atoms with van der Waals surface area (Å²) >= 11 is 5.96. The number of alkyl halides is 3. The molecule has 148 valence electrons. The maximum Gasteiger partial charge on any atom is 0.417 e. The average molecular weight is 409 g/mol. The fourth-order valence-electron chi connectivity index (χ4n) is 4.52. The third-order valence-corrected chi connectivity index (χ3v) is 6.29. The fourth-order valence-corrected chi connectivity index (χ4v) is 4.84. The van der Waals surface area contributed by atoms with E-state index >= 15 is 0 Å². The van der Waals surface area contributed by atoms with Crippen LogP contribution >= 0.6 is 11.6 Å². The van der Waals surface area contributed by atoms with E-state index in [1.165, 1.54) is 12.1 Å². The predicted molar refractivity (Wildman–Crippen MR) is 101 cm³/mol. The van der Waals surface area contributed by atoms with Crippen LogP contribution in [0.15, 0.2) is 48.5 Å². The van der Waals surface area contributed by atoms with Gasteiger partial charge in [-0.1, -0.05) is 48.0 Å². The molecule has 2 bridgehead atoms. The Morgan fingerprint density at radius 3 is 2.36 bits per heavy atom. The Labute approximate surface area is 166 Å². The zero-order valence-electron chi connectivity index (χ0n) is 15.0. The lowest BCUT2D eigenvalue weighted by Crippen LogP contribution is -2.50. The van der Waals surface area contributed by atoms with E-state index < -0.39 is 22.7 Å². The van der Waals surface area contributed by atoms with Crippen LogP contribution in [0.3, 0.4) is 0 Å². The quantitative estimate of drug-likeness (QED) is 0.737. The number of rotatable bonds is 4. The summed E-state index contributed by atoms with van der Waals surface area (Å²) in [5.74, 6) is -0.600. The molecule has 1 amide bonds. The molecule has 0 saturated carbocycles. The molecule has 2 aromatic carbocycles. The zero-order chi connectivity index (χ0) is 19.9. The lowest BCUT2D eigenvalue weighted by Gasteiger charge is -2.36. The Hall–Kier alpha value is -2.05. The predicted octanol–water partition coefficient (Wildman–Crippen LogP) is 5.11. The van der Waals surface area contributed by atoms with Gasteiger partial charge < -0.3 is 10.6 Å². The number of fused-ring (bicyclic) bond motifs is 2. The van der Waals surface area contributed by atoms with E-state index in [1.54, 1.807) is 0 Å². The van der Waals surface area contributed by atoms with E-state index in [4.69, 9.17) is 11.6 Å². The molecule has 1 atom stereocenters. The van der Waals surface area contributed by atoms with Crippen LogP contribution in [-0.4, -0.2) is 17.5 Å². The number of amides is 1. The van der Waals surface area contributed by atoms with Gasteiger partial charge in [-0.15, -0.1) is 0 Å². The van der Waals surface area contributed by atoms with Gasteiger partial charge >= 0.3 is 6.18 Å². The number of carbonyl (C=O) groups excluding carboxylic acids is 1. The highest BCUT2D eigenvalue weighted by Crippen LogP contribution is 2.45. The molecule has 2 aromatic rings. The normalized spacial score (nSPS) is 24.9. The first-order chi connectivity index (χ1) is 13.3. The van der Waals surface area contributed by atoms with E-state index in [9.17, 15) is 18.0 Å². The Morgan fingerprint density at radius 1 is 1.11 bits per heavy atom. The molecule has 3 nitrogen and oxygen atoms in total. The molecule has 2 fully saturated rings. The first-order valence-corrected chi connectivity index (χ1v) is 9.67. The van der Waals surface area contributed by atoms with Gasteiger partial charge in [0.2, 0.25) is 0 Å². The van der Waals surface area contributed by atoms with E-state index in [0.29, 0.717) is 6.04 Å². The third kappa shape index (κ3) is 3.40. The van der Waals surface area contributed by atoms with Crippen molar-refractivity contribution in [3.8, 4) is 0 Å². The van der Waals surface area contributed by atoms with Gasteiger partial charge in [0.15, 0.2) is 0 Å². The molecule has 0 aliphatic carbocycles. The Balaban J connectivity index is 1.68. The second-order valence-corrected chi connectivity index (χ2v) is 7.93. The van der Waals surface area contributed by atoms with Crippen LogP contribution < -0.4 is 10.6 Å². The van der Waals surface area contributed by atoms with Gasteiger partial charge in [-0.2, -0.15) is 13.2 Å². The number of benzene rings is 2. The van der Waals surface area contributed by atoms with Crippen LogP contribution in [0.5, 0.6) is 0 Å². The summed E-state index contributed by atoms with van der Waals surface area (Å²) in [5.41, 5.74) is -0.526. The minimum absolute atomic E-state index is 0.165. The maximum absolute atomic E-state index is 13.2. The minimum Gasteiger partial charge on any atom is -0.343 e. The van der Waals surface area contributed by atoms with Crippen LogP contribution in [0.2, 0.25) is 5.02 Å². The molecule has 0 aromatic heterocycles. The van der Waals surface area contributed by atoms with Crippen molar-refractivity contribution in [2.24, 2.45) is 0 Å². The first-order valence-electron chi connectivity index (χ1n) is 9.29. The summed E-state index contributed by atoms with van der Waals surface area (Å²) in [5, 5.41) is 6.03. The number of nitrogens with one attached hydrogen (secondary N) is 2. The largest absolute Gasteiger partial charge is 0.417 e. The number of hydrogen-bond acceptors (Lipinski definition) is 2. The SMILES string of the molecule is O=C(NC(c1ccccc1)C12CCC(CC1)N2)c1cccc(C(F)(F)F)c1Cl. The molecule has 2 aliphatic heterocycles. The molecule has 1 unspecified atom stereocenters. The van der Waals surface area contributed by atoms with Crippen molar-refractivity contribution in [1.82, 2.24) is 10.6 Å². The minimum atomic E-state index is -4.61. The van der Waals surface area contributed by atoms with Crippen molar-refractivity contribution < 1.29 is 18.0 Å². The molecule has 28 heavy (non-hydrogen) atoms. The van der Waals surface area contributed by atoms with Gasteiger partial charge in [-0.25, -0.2) is 0 Å².